The lowest BCUT2D eigenvalue weighted by Crippen LogP contribution is -2.14. The molecule has 1 heterocycles. The van der Waals surface area contributed by atoms with Crippen LogP contribution in [0.4, 0.5) is 0 Å². The topological polar surface area (TPSA) is 22.0 Å². The molecule has 5 aromatic rings. The van der Waals surface area contributed by atoms with E-state index in [1.165, 1.54) is 0 Å². The zero-order chi connectivity index (χ0) is 24.4. The van der Waals surface area contributed by atoms with Crippen molar-refractivity contribution >= 4 is 29.6 Å². The van der Waals surface area contributed by atoms with Crippen LogP contribution in [0, 0.1) is 11.6 Å². The van der Waals surface area contributed by atoms with Gasteiger partial charge in [0.05, 0.1) is 11.3 Å². The van der Waals surface area contributed by atoms with E-state index in [9.17, 15) is 4.79 Å². The molecule has 0 spiro atoms. The van der Waals surface area contributed by atoms with Gasteiger partial charge in [-0.25, -0.2) is 0 Å². The molecule has 0 saturated carbocycles. The molecule has 4 heteroatoms. The fraction of sp³-hybridized carbons (Fsp3) is 0.0323. The van der Waals surface area contributed by atoms with Crippen molar-refractivity contribution in [1.29, 1.82) is 0 Å². The predicted octanol–water partition coefficient (Wildman–Crippen LogP) is 8.73. The Morgan fingerprint density at radius 2 is 1.26 bits per heavy atom. The van der Waals surface area contributed by atoms with E-state index in [2.05, 4.69) is 19.1 Å². The van der Waals surface area contributed by atoms with E-state index in [0.29, 0.717) is 20.8 Å². The molecule has 0 aliphatic heterocycles. The number of hydrogen-bond donors (Lipinski definition) is 0. The fourth-order valence-electron chi connectivity index (χ4n) is 4.48. The van der Waals surface area contributed by atoms with Gasteiger partial charge in [0, 0.05) is 21.8 Å². The van der Waals surface area contributed by atoms with Gasteiger partial charge in [0.25, 0.3) is 0 Å². The highest BCUT2D eigenvalue weighted by molar-refractivity contribution is 7.71. The molecule has 5 rings (SSSR count). The van der Waals surface area contributed by atoms with Gasteiger partial charge in [-0.3, -0.25) is 9.36 Å². The van der Waals surface area contributed by atoms with Crippen molar-refractivity contribution in [2.45, 2.75) is 6.92 Å². The van der Waals surface area contributed by atoms with E-state index in [4.69, 9.17) is 23.8 Å². The van der Waals surface area contributed by atoms with Crippen LogP contribution in [0.3, 0.4) is 0 Å². The number of carbonyl (C=O) groups excluding carboxylic acids is 1. The zero-order valence-electron chi connectivity index (χ0n) is 19.1. The molecule has 0 radical (unpaired) electrons. The van der Waals surface area contributed by atoms with Crippen molar-refractivity contribution in [2.24, 2.45) is 0 Å². The van der Waals surface area contributed by atoms with Gasteiger partial charge in [0.2, 0.25) is 0 Å². The third kappa shape index (κ3) is 4.37. The average Bonchev–Trinajstić information content (AvgIpc) is 2.91. The maximum atomic E-state index is 14.0. The smallest absolute Gasteiger partial charge is 0.196 e. The quantitative estimate of drug-likeness (QED) is 0.181. The molecule has 0 unspecified atom stereocenters. The number of halogens is 1. The third-order valence-corrected chi connectivity index (χ3v) is 6.72. The van der Waals surface area contributed by atoms with Crippen LogP contribution in [0.5, 0.6) is 0 Å². The first-order valence-electron chi connectivity index (χ1n) is 11.3. The molecule has 0 fully saturated rings. The van der Waals surface area contributed by atoms with E-state index < -0.39 is 0 Å². The summed E-state index contributed by atoms with van der Waals surface area (Å²) in [5, 5.41) is 0.638. The molecule has 0 N–H and O–H groups in total. The highest BCUT2D eigenvalue weighted by Crippen LogP contribution is 2.38. The standard InChI is InChI=1S/C31H22ClNOS/c1-21-27(22-17-19-25(32)20-18-22)28(30(34)24-13-7-3-8-14-24)31(35)33(26-15-9-4-10-16-26)29(21)23-11-5-2-6-12-23/h2-20H,1H3. The molecule has 0 atom stereocenters. The molecule has 170 valence electrons. The molecule has 1 aromatic heterocycles. The molecule has 35 heavy (non-hydrogen) atoms. The SMILES string of the molecule is Cc1c(-c2ccc(Cl)cc2)c(C(=O)c2ccccc2)c(=S)n(-c2ccccc2)c1-c1ccccc1. The molecule has 0 amide bonds. The number of ketones is 1. The highest BCUT2D eigenvalue weighted by atomic mass is 35.5. The summed E-state index contributed by atoms with van der Waals surface area (Å²) in [6.45, 7) is 2.06. The highest BCUT2D eigenvalue weighted by Gasteiger charge is 2.25. The van der Waals surface area contributed by atoms with Crippen LogP contribution in [0.15, 0.2) is 115 Å². The van der Waals surface area contributed by atoms with Crippen LogP contribution in [0.1, 0.15) is 21.5 Å². The lowest BCUT2D eigenvalue weighted by atomic mass is 9.89. The summed E-state index contributed by atoms with van der Waals surface area (Å²) in [5.74, 6) is -0.104. The van der Waals surface area contributed by atoms with Gasteiger partial charge < -0.3 is 0 Å². The van der Waals surface area contributed by atoms with Crippen LogP contribution < -0.4 is 0 Å². The average molecular weight is 492 g/mol. The van der Waals surface area contributed by atoms with E-state index >= 15 is 0 Å². The molecule has 2 nitrogen and oxygen atoms in total. The summed E-state index contributed by atoms with van der Waals surface area (Å²) >= 11 is 12.3. The maximum Gasteiger partial charge on any atom is 0.196 e. The largest absolute Gasteiger partial charge is 0.300 e. The maximum absolute atomic E-state index is 14.0. The Kier molecular flexibility index (Phi) is 6.45. The number of benzene rings is 4. The van der Waals surface area contributed by atoms with Crippen LogP contribution in [-0.2, 0) is 0 Å². The fourth-order valence-corrected chi connectivity index (χ4v) is 5.00. The van der Waals surface area contributed by atoms with Crippen LogP contribution in [0.25, 0.3) is 28.1 Å². The first kappa shape index (κ1) is 23.0. The lowest BCUT2D eigenvalue weighted by molar-refractivity contribution is 0.103. The molecule has 0 aliphatic rings. The van der Waals surface area contributed by atoms with Gasteiger partial charge in [-0.2, -0.15) is 0 Å². The van der Waals surface area contributed by atoms with Crippen molar-refractivity contribution in [3.63, 3.8) is 0 Å². The van der Waals surface area contributed by atoms with Gasteiger partial charge >= 0.3 is 0 Å². The summed E-state index contributed by atoms with van der Waals surface area (Å²) in [7, 11) is 0. The van der Waals surface area contributed by atoms with Crippen molar-refractivity contribution in [2.75, 3.05) is 0 Å². The van der Waals surface area contributed by atoms with Gasteiger partial charge in [-0.15, -0.1) is 0 Å². The monoisotopic (exact) mass is 491 g/mol. The Balaban J connectivity index is 1.94. The van der Waals surface area contributed by atoms with E-state index in [-0.39, 0.29) is 5.78 Å². The van der Waals surface area contributed by atoms with E-state index in [1.807, 2.05) is 108 Å². The van der Waals surface area contributed by atoms with Gasteiger partial charge in [-0.1, -0.05) is 115 Å². The Hall–Kier alpha value is -3.79. The first-order valence-corrected chi connectivity index (χ1v) is 12.1. The summed E-state index contributed by atoms with van der Waals surface area (Å²) in [6, 6.07) is 37.0. The Morgan fingerprint density at radius 1 is 0.714 bits per heavy atom. The van der Waals surface area contributed by atoms with Crippen molar-refractivity contribution in [1.82, 2.24) is 4.57 Å². The first-order chi connectivity index (χ1) is 17.1. The number of pyridine rings is 1. The zero-order valence-corrected chi connectivity index (χ0v) is 20.7. The number of aromatic nitrogens is 1. The predicted molar refractivity (Wildman–Crippen MR) is 147 cm³/mol. The normalized spacial score (nSPS) is 10.8. The minimum atomic E-state index is -0.104. The second kappa shape index (κ2) is 9.83. The minimum absolute atomic E-state index is 0.104. The van der Waals surface area contributed by atoms with Crippen LogP contribution >= 0.6 is 23.8 Å². The molecule has 0 saturated heterocycles. The van der Waals surface area contributed by atoms with Crippen molar-refractivity contribution in [3.8, 4) is 28.1 Å². The molecular weight excluding hydrogens is 470 g/mol. The minimum Gasteiger partial charge on any atom is -0.300 e. The van der Waals surface area contributed by atoms with Gasteiger partial charge in [0.1, 0.15) is 4.64 Å². The number of para-hydroxylation sites is 1. The van der Waals surface area contributed by atoms with Crippen LogP contribution in [-0.4, -0.2) is 10.4 Å². The Labute approximate surface area is 215 Å². The second-order valence-corrected chi connectivity index (χ2v) is 9.09. The lowest BCUT2D eigenvalue weighted by Gasteiger charge is -2.23. The molecule has 0 bridgehead atoms. The number of nitrogens with zero attached hydrogens (tertiary/aromatic N) is 1. The second-order valence-electron chi connectivity index (χ2n) is 8.27. The summed E-state index contributed by atoms with van der Waals surface area (Å²) < 4.78 is 2.50. The number of hydrogen-bond acceptors (Lipinski definition) is 2. The summed E-state index contributed by atoms with van der Waals surface area (Å²) in [4.78, 5) is 14.0. The Bertz CT molecular complexity index is 1560. The van der Waals surface area contributed by atoms with E-state index in [0.717, 1.165) is 33.6 Å². The van der Waals surface area contributed by atoms with Gasteiger partial charge in [-0.05, 0) is 47.9 Å². The molecule has 0 aliphatic carbocycles. The van der Waals surface area contributed by atoms with Crippen molar-refractivity contribution < 1.29 is 4.79 Å². The van der Waals surface area contributed by atoms with E-state index in [1.54, 1.807) is 0 Å². The van der Waals surface area contributed by atoms with Gasteiger partial charge in [0.15, 0.2) is 5.78 Å². The molecular formula is C31H22ClNOS. The van der Waals surface area contributed by atoms with Crippen LogP contribution in [0.2, 0.25) is 5.02 Å². The summed E-state index contributed by atoms with van der Waals surface area (Å²) in [5.41, 5.74) is 6.68. The summed E-state index contributed by atoms with van der Waals surface area (Å²) in [6.07, 6.45) is 0. The number of carbonyl (C=O) groups is 1. The number of rotatable bonds is 5. The van der Waals surface area contributed by atoms with Crippen molar-refractivity contribution in [3.05, 3.63) is 142 Å². The molecule has 4 aromatic carbocycles. The third-order valence-electron chi connectivity index (χ3n) is 6.08. The Morgan fingerprint density at radius 3 is 1.86 bits per heavy atom.